The topological polar surface area (TPSA) is 9.23 Å². The lowest BCUT2D eigenvalue weighted by Gasteiger charge is -2.08. The molecule has 0 bridgehead atoms. The van der Waals surface area contributed by atoms with Gasteiger partial charge in [0.1, 0.15) is 5.75 Å². The maximum atomic E-state index is 5.77. The number of rotatable bonds is 4. The van der Waals surface area contributed by atoms with E-state index in [0.717, 1.165) is 23.2 Å². The largest absolute Gasteiger partial charge is 0.493 e. The summed E-state index contributed by atoms with van der Waals surface area (Å²) in [7, 11) is 0. The zero-order valence-electron chi connectivity index (χ0n) is 9.07. The van der Waals surface area contributed by atoms with Crippen LogP contribution in [0.25, 0.3) is 0 Å². The summed E-state index contributed by atoms with van der Waals surface area (Å²) in [6, 6.07) is 10.3. The van der Waals surface area contributed by atoms with Crippen LogP contribution in [-0.2, 0) is 6.42 Å². The van der Waals surface area contributed by atoms with Crippen LogP contribution < -0.4 is 4.74 Å². The summed E-state index contributed by atoms with van der Waals surface area (Å²) in [6.45, 7) is 2.80. The van der Waals surface area contributed by atoms with Gasteiger partial charge in [0.05, 0.1) is 6.61 Å². The fraction of sp³-hybridized carbons (Fsp3) is 0.231. The molecular formula is C13H13BrOS. The summed E-state index contributed by atoms with van der Waals surface area (Å²) in [6.07, 6.45) is 0.976. The average molecular weight is 297 g/mol. The zero-order chi connectivity index (χ0) is 11.4. The molecule has 3 heteroatoms. The van der Waals surface area contributed by atoms with Crippen molar-refractivity contribution in [2.75, 3.05) is 6.61 Å². The van der Waals surface area contributed by atoms with E-state index in [4.69, 9.17) is 4.74 Å². The second-order valence-electron chi connectivity index (χ2n) is 3.59. The summed E-state index contributed by atoms with van der Waals surface area (Å²) >= 11 is 5.23. The van der Waals surface area contributed by atoms with Gasteiger partial charge in [-0.15, -0.1) is 11.3 Å². The van der Waals surface area contributed by atoms with Gasteiger partial charge in [-0.05, 0) is 36.1 Å². The Morgan fingerprint density at radius 1 is 1.31 bits per heavy atom. The van der Waals surface area contributed by atoms with Gasteiger partial charge in [0.25, 0.3) is 0 Å². The highest BCUT2D eigenvalue weighted by Gasteiger charge is 2.01. The van der Waals surface area contributed by atoms with Crippen LogP contribution in [0.15, 0.2) is 40.2 Å². The lowest BCUT2D eigenvalue weighted by Crippen LogP contribution is -2.01. The summed E-state index contributed by atoms with van der Waals surface area (Å²) in [5.74, 6) is 0.964. The summed E-state index contributed by atoms with van der Waals surface area (Å²) in [5.41, 5.74) is 1.18. The Morgan fingerprint density at radius 2 is 2.19 bits per heavy atom. The standard InChI is InChI=1S/C13H13BrOS/c1-10-4-5-11(14)9-13(10)15-7-6-12-3-2-8-16-12/h2-5,8-9H,6-7H2,1H3. The van der Waals surface area contributed by atoms with Crippen molar-refractivity contribution in [3.63, 3.8) is 0 Å². The van der Waals surface area contributed by atoms with Gasteiger partial charge in [0, 0.05) is 15.8 Å². The SMILES string of the molecule is Cc1ccc(Br)cc1OCCc1cccs1. The minimum Gasteiger partial charge on any atom is -0.493 e. The van der Waals surface area contributed by atoms with Crippen LogP contribution in [0.2, 0.25) is 0 Å². The molecule has 1 nitrogen and oxygen atoms in total. The van der Waals surface area contributed by atoms with Crippen molar-refractivity contribution in [3.05, 3.63) is 50.6 Å². The smallest absolute Gasteiger partial charge is 0.123 e. The van der Waals surface area contributed by atoms with E-state index in [9.17, 15) is 0 Å². The molecule has 0 atom stereocenters. The van der Waals surface area contributed by atoms with E-state index >= 15 is 0 Å². The third-order valence-corrected chi connectivity index (χ3v) is 3.77. The van der Waals surface area contributed by atoms with Crippen molar-refractivity contribution in [1.82, 2.24) is 0 Å². The van der Waals surface area contributed by atoms with Crippen LogP contribution in [-0.4, -0.2) is 6.61 Å². The van der Waals surface area contributed by atoms with Gasteiger partial charge in [-0.1, -0.05) is 28.1 Å². The molecule has 1 aromatic heterocycles. The Hall–Kier alpha value is -0.800. The Morgan fingerprint density at radius 3 is 2.94 bits per heavy atom. The highest BCUT2D eigenvalue weighted by molar-refractivity contribution is 9.10. The van der Waals surface area contributed by atoms with Gasteiger partial charge in [-0.25, -0.2) is 0 Å². The third kappa shape index (κ3) is 3.09. The number of aryl methyl sites for hydroxylation is 1. The van der Waals surface area contributed by atoms with Crippen molar-refractivity contribution < 1.29 is 4.74 Å². The molecule has 0 aliphatic rings. The molecule has 0 unspecified atom stereocenters. The first-order valence-corrected chi connectivity index (χ1v) is 6.84. The molecule has 0 fully saturated rings. The molecule has 0 aliphatic carbocycles. The van der Waals surface area contributed by atoms with E-state index in [1.807, 2.05) is 12.1 Å². The fourth-order valence-electron chi connectivity index (χ4n) is 1.45. The van der Waals surface area contributed by atoms with E-state index in [1.54, 1.807) is 11.3 Å². The van der Waals surface area contributed by atoms with Crippen LogP contribution in [0.4, 0.5) is 0 Å². The summed E-state index contributed by atoms with van der Waals surface area (Å²) in [5, 5.41) is 2.10. The second-order valence-corrected chi connectivity index (χ2v) is 5.54. The highest BCUT2D eigenvalue weighted by atomic mass is 79.9. The minimum atomic E-state index is 0.734. The molecule has 0 spiro atoms. The molecule has 2 rings (SSSR count). The molecule has 0 N–H and O–H groups in total. The van der Waals surface area contributed by atoms with E-state index in [2.05, 4.69) is 46.4 Å². The van der Waals surface area contributed by atoms with Gasteiger partial charge < -0.3 is 4.74 Å². The maximum absolute atomic E-state index is 5.77. The Bertz CT molecular complexity index is 451. The molecule has 0 radical (unpaired) electrons. The van der Waals surface area contributed by atoms with E-state index < -0.39 is 0 Å². The second kappa shape index (κ2) is 5.51. The minimum absolute atomic E-state index is 0.734. The number of benzene rings is 1. The van der Waals surface area contributed by atoms with Crippen molar-refractivity contribution in [3.8, 4) is 5.75 Å². The predicted octanol–water partition coefficient (Wildman–Crippen LogP) is 4.44. The number of thiophene rings is 1. The first kappa shape index (κ1) is 11.7. The normalized spacial score (nSPS) is 10.4. The highest BCUT2D eigenvalue weighted by Crippen LogP contribution is 2.23. The number of ether oxygens (including phenoxy) is 1. The molecular weight excluding hydrogens is 284 g/mol. The molecule has 1 aromatic carbocycles. The fourth-order valence-corrected chi connectivity index (χ4v) is 2.48. The van der Waals surface area contributed by atoms with Crippen LogP contribution >= 0.6 is 27.3 Å². The van der Waals surface area contributed by atoms with Crippen molar-refractivity contribution in [2.45, 2.75) is 13.3 Å². The van der Waals surface area contributed by atoms with Gasteiger partial charge in [0.15, 0.2) is 0 Å². The predicted molar refractivity (Wildman–Crippen MR) is 72.4 cm³/mol. The van der Waals surface area contributed by atoms with Gasteiger partial charge >= 0.3 is 0 Å². The van der Waals surface area contributed by atoms with Gasteiger partial charge in [-0.2, -0.15) is 0 Å². The van der Waals surface area contributed by atoms with Crippen molar-refractivity contribution in [1.29, 1.82) is 0 Å². The average Bonchev–Trinajstić information content (AvgIpc) is 2.76. The molecule has 0 amide bonds. The summed E-state index contributed by atoms with van der Waals surface area (Å²) < 4.78 is 6.83. The summed E-state index contributed by atoms with van der Waals surface area (Å²) in [4.78, 5) is 1.37. The lowest BCUT2D eigenvalue weighted by molar-refractivity contribution is 0.320. The molecule has 2 aromatic rings. The van der Waals surface area contributed by atoms with Crippen LogP contribution in [0.5, 0.6) is 5.75 Å². The maximum Gasteiger partial charge on any atom is 0.123 e. The first-order chi connectivity index (χ1) is 7.75. The van der Waals surface area contributed by atoms with Crippen molar-refractivity contribution >= 4 is 27.3 Å². The quantitative estimate of drug-likeness (QED) is 0.810. The molecule has 0 saturated carbocycles. The number of hydrogen-bond acceptors (Lipinski definition) is 2. The van der Waals surface area contributed by atoms with E-state index in [-0.39, 0.29) is 0 Å². The van der Waals surface area contributed by atoms with E-state index in [0.29, 0.717) is 0 Å². The Labute approximate surface area is 108 Å². The van der Waals surface area contributed by atoms with Gasteiger partial charge in [0.2, 0.25) is 0 Å². The van der Waals surface area contributed by atoms with E-state index in [1.165, 1.54) is 10.4 Å². The van der Waals surface area contributed by atoms with Crippen LogP contribution in [0.1, 0.15) is 10.4 Å². The number of hydrogen-bond donors (Lipinski definition) is 0. The lowest BCUT2D eigenvalue weighted by atomic mass is 10.2. The number of halogens is 1. The molecule has 0 aliphatic heterocycles. The molecule has 1 heterocycles. The zero-order valence-corrected chi connectivity index (χ0v) is 11.5. The van der Waals surface area contributed by atoms with Crippen molar-refractivity contribution in [2.24, 2.45) is 0 Å². The first-order valence-electron chi connectivity index (χ1n) is 5.17. The van der Waals surface area contributed by atoms with Crippen LogP contribution in [0, 0.1) is 6.92 Å². The molecule has 84 valence electrons. The molecule has 16 heavy (non-hydrogen) atoms. The van der Waals surface area contributed by atoms with Crippen LogP contribution in [0.3, 0.4) is 0 Å². The monoisotopic (exact) mass is 296 g/mol. The third-order valence-electron chi connectivity index (χ3n) is 2.34. The van der Waals surface area contributed by atoms with Gasteiger partial charge in [-0.3, -0.25) is 0 Å². The Kier molecular flexibility index (Phi) is 4.02. The molecule has 0 saturated heterocycles. The Balaban J connectivity index is 1.92.